The van der Waals surface area contributed by atoms with Gasteiger partial charge in [-0.2, -0.15) is 5.26 Å². The number of hydrogen-bond acceptors (Lipinski definition) is 4. The van der Waals surface area contributed by atoms with Gasteiger partial charge in [0.05, 0.1) is 11.9 Å². The Labute approximate surface area is 136 Å². The maximum absolute atomic E-state index is 12.0. The predicted molar refractivity (Wildman–Crippen MR) is 86.0 cm³/mol. The monoisotopic (exact) mass is 362 g/mol. The summed E-state index contributed by atoms with van der Waals surface area (Å²) in [6, 6.07) is 5.65. The van der Waals surface area contributed by atoms with Crippen LogP contribution in [0.25, 0.3) is 11.7 Å². The van der Waals surface area contributed by atoms with E-state index in [2.05, 4.69) is 26.2 Å². The summed E-state index contributed by atoms with van der Waals surface area (Å²) in [5.41, 5.74) is 1.45. The second-order valence-electron chi connectivity index (χ2n) is 4.53. The van der Waals surface area contributed by atoms with Gasteiger partial charge in [-0.05, 0) is 40.6 Å². The van der Waals surface area contributed by atoms with Gasteiger partial charge in [0.25, 0.3) is 5.91 Å². The predicted octanol–water partition coefficient (Wildman–Crippen LogP) is 2.16. The topological polar surface area (TPSA) is 79.4 Å². The number of hydrogen-bond donors (Lipinski definition) is 1. The fourth-order valence-corrected chi connectivity index (χ4v) is 2.23. The first-order valence-corrected chi connectivity index (χ1v) is 7.46. The van der Waals surface area contributed by atoms with Crippen molar-refractivity contribution < 1.29 is 9.53 Å². The third-order valence-corrected chi connectivity index (χ3v) is 3.44. The minimum absolute atomic E-state index is 0.0409. The van der Waals surface area contributed by atoms with Crippen molar-refractivity contribution in [1.82, 2.24) is 14.7 Å². The van der Waals surface area contributed by atoms with Gasteiger partial charge < -0.3 is 10.1 Å². The third kappa shape index (κ3) is 3.93. The van der Waals surface area contributed by atoms with Gasteiger partial charge in [0.15, 0.2) is 0 Å². The number of rotatable bonds is 6. The number of nitrogens with one attached hydrogen (secondary N) is 1. The van der Waals surface area contributed by atoms with E-state index in [0.29, 0.717) is 25.3 Å². The number of amides is 1. The van der Waals surface area contributed by atoms with Gasteiger partial charge in [0.1, 0.15) is 17.3 Å². The highest BCUT2D eigenvalue weighted by Gasteiger charge is 2.10. The van der Waals surface area contributed by atoms with E-state index in [1.165, 1.54) is 6.08 Å². The Bertz CT molecular complexity index is 746. The van der Waals surface area contributed by atoms with Gasteiger partial charge in [-0.1, -0.05) is 0 Å². The molecule has 0 fully saturated rings. The van der Waals surface area contributed by atoms with Crippen LogP contribution in [0.4, 0.5) is 0 Å². The number of carbonyl (C=O) groups excluding carboxylic acids is 1. The third-order valence-electron chi connectivity index (χ3n) is 2.97. The first kappa shape index (κ1) is 16.2. The molecule has 7 heteroatoms. The van der Waals surface area contributed by atoms with Crippen molar-refractivity contribution >= 4 is 33.6 Å². The van der Waals surface area contributed by atoms with Crippen molar-refractivity contribution in [3.8, 4) is 6.07 Å². The number of halogens is 1. The van der Waals surface area contributed by atoms with Crippen LogP contribution in [-0.4, -0.2) is 35.6 Å². The summed E-state index contributed by atoms with van der Waals surface area (Å²) >= 11 is 3.39. The molecule has 0 saturated heterocycles. The Hall–Kier alpha value is -2.17. The summed E-state index contributed by atoms with van der Waals surface area (Å²) in [5, 5.41) is 11.9. The molecule has 0 aliphatic rings. The average molecular weight is 363 g/mol. The summed E-state index contributed by atoms with van der Waals surface area (Å²) in [6.45, 7) is 1.03. The number of pyridine rings is 1. The molecule has 2 aromatic heterocycles. The fraction of sp³-hybridized carbons (Fsp3) is 0.267. The minimum Gasteiger partial charge on any atom is -0.385 e. The molecule has 0 aliphatic heterocycles. The zero-order chi connectivity index (χ0) is 15.9. The highest BCUT2D eigenvalue weighted by atomic mass is 79.9. The van der Waals surface area contributed by atoms with Crippen LogP contribution in [0.1, 0.15) is 12.1 Å². The van der Waals surface area contributed by atoms with E-state index in [-0.39, 0.29) is 5.57 Å². The first-order valence-electron chi connectivity index (χ1n) is 6.67. The smallest absolute Gasteiger partial charge is 0.262 e. The molecule has 0 aromatic carbocycles. The minimum atomic E-state index is -0.399. The lowest BCUT2D eigenvalue weighted by atomic mass is 10.2. The molecular formula is C15H15BrN4O2. The van der Waals surface area contributed by atoms with Crippen LogP contribution in [0.3, 0.4) is 0 Å². The summed E-state index contributed by atoms with van der Waals surface area (Å²) in [4.78, 5) is 16.2. The molecule has 2 heterocycles. The van der Waals surface area contributed by atoms with Crippen LogP contribution in [-0.2, 0) is 9.53 Å². The standard InChI is InChI=1S/C15H15BrN4O2/c1-22-6-2-5-18-15(21)11(8-17)7-13-9-19-14-4-3-12(16)10-20(13)14/h3-4,7,9-10H,2,5-6H2,1H3,(H,18,21)/b11-7-. The number of nitrogens with zero attached hydrogens (tertiary/aromatic N) is 3. The Morgan fingerprint density at radius 3 is 3.14 bits per heavy atom. The van der Waals surface area contributed by atoms with E-state index in [9.17, 15) is 10.1 Å². The fourth-order valence-electron chi connectivity index (χ4n) is 1.89. The summed E-state index contributed by atoms with van der Waals surface area (Å²) in [7, 11) is 1.60. The van der Waals surface area contributed by atoms with Crippen LogP contribution < -0.4 is 5.32 Å². The van der Waals surface area contributed by atoms with Crippen molar-refractivity contribution in [2.75, 3.05) is 20.3 Å². The molecule has 22 heavy (non-hydrogen) atoms. The lowest BCUT2D eigenvalue weighted by Crippen LogP contribution is -2.26. The van der Waals surface area contributed by atoms with Gasteiger partial charge in [-0.25, -0.2) is 4.98 Å². The Kier molecular flexibility index (Phi) is 5.69. The van der Waals surface area contributed by atoms with Gasteiger partial charge >= 0.3 is 0 Å². The van der Waals surface area contributed by atoms with Crippen LogP contribution in [0.5, 0.6) is 0 Å². The van der Waals surface area contributed by atoms with Gasteiger partial charge in [0, 0.05) is 30.9 Å². The van der Waals surface area contributed by atoms with Crippen molar-refractivity contribution in [2.24, 2.45) is 0 Å². The molecular weight excluding hydrogens is 348 g/mol. The zero-order valence-electron chi connectivity index (χ0n) is 12.0. The van der Waals surface area contributed by atoms with Crippen LogP contribution in [0.2, 0.25) is 0 Å². The van der Waals surface area contributed by atoms with E-state index >= 15 is 0 Å². The van der Waals surface area contributed by atoms with Gasteiger partial charge in [-0.3, -0.25) is 9.20 Å². The lowest BCUT2D eigenvalue weighted by molar-refractivity contribution is -0.117. The average Bonchev–Trinajstić information content (AvgIpc) is 2.91. The maximum Gasteiger partial charge on any atom is 0.262 e. The molecule has 0 bridgehead atoms. The van der Waals surface area contributed by atoms with Crippen molar-refractivity contribution in [2.45, 2.75) is 6.42 Å². The molecule has 0 atom stereocenters. The number of ether oxygens (including phenoxy) is 1. The van der Waals surface area contributed by atoms with Crippen LogP contribution >= 0.6 is 15.9 Å². The molecule has 1 N–H and O–H groups in total. The SMILES string of the molecule is COCCCNC(=O)/C(C#N)=C\c1cnc2ccc(Br)cn12. The number of carbonyl (C=O) groups is 1. The number of aromatic nitrogens is 2. The largest absolute Gasteiger partial charge is 0.385 e. The Morgan fingerprint density at radius 2 is 2.41 bits per heavy atom. The second-order valence-corrected chi connectivity index (χ2v) is 5.45. The molecule has 0 radical (unpaired) electrons. The van der Waals surface area contributed by atoms with Crippen LogP contribution in [0.15, 0.2) is 34.6 Å². The van der Waals surface area contributed by atoms with Crippen molar-refractivity contribution in [1.29, 1.82) is 5.26 Å². The van der Waals surface area contributed by atoms with E-state index in [0.717, 1.165) is 10.1 Å². The van der Waals surface area contributed by atoms with Gasteiger partial charge in [-0.15, -0.1) is 0 Å². The van der Waals surface area contributed by atoms with E-state index in [1.54, 1.807) is 17.7 Å². The van der Waals surface area contributed by atoms with Crippen LogP contribution in [0, 0.1) is 11.3 Å². The highest BCUT2D eigenvalue weighted by Crippen LogP contribution is 2.15. The Balaban J connectivity index is 2.18. The quantitative estimate of drug-likeness (QED) is 0.485. The number of nitriles is 1. The first-order chi connectivity index (χ1) is 10.7. The summed E-state index contributed by atoms with van der Waals surface area (Å²) in [6.07, 6.45) is 5.68. The van der Waals surface area contributed by atoms with E-state index < -0.39 is 5.91 Å². The summed E-state index contributed by atoms with van der Waals surface area (Å²) in [5.74, 6) is -0.399. The molecule has 2 aromatic rings. The van der Waals surface area contributed by atoms with Crippen molar-refractivity contribution in [3.63, 3.8) is 0 Å². The number of imidazole rings is 1. The maximum atomic E-state index is 12.0. The zero-order valence-corrected chi connectivity index (χ0v) is 13.6. The molecule has 6 nitrogen and oxygen atoms in total. The lowest BCUT2D eigenvalue weighted by Gasteiger charge is -2.04. The number of fused-ring (bicyclic) bond motifs is 1. The van der Waals surface area contributed by atoms with Gasteiger partial charge in [0.2, 0.25) is 0 Å². The molecule has 0 spiro atoms. The Morgan fingerprint density at radius 1 is 1.59 bits per heavy atom. The number of methoxy groups -OCH3 is 1. The highest BCUT2D eigenvalue weighted by molar-refractivity contribution is 9.10. The molecule has 114 valence electrons. The molecule has 1 amide bonds. The summed E-state index contributed by atoms with van der Waals surface area (Å²) < 4.78 is 7.60. The molecule has 0 aliphatic carbocycles. The second kappa shape index (κ2) is 7.73. The molecule has 2 rings (SSSR count). The normalized spacial score (nSPS) is 11.4. The van der Waals surface area contributed by atoms with E-state index in [4.69, 9.17) is 4.74 Å². The molecule has 0 saturated carbocycles. The van der Waals surface area contributed by atoms with E-state index in [1.807, 2.05) is 24.4 Å². The molecule has 0 unspecified atom stereocenters. The van der Waals surface area contributed by atoms with Crippen molar-refractivity contribution in [3.05, 3.63) is 40.3 Å².